The average molecular weight is 670 g/mol. The zero-order chi connectivity index (χ0) is 33.2. The van der Waals surface area contributed by atoms with Gasteiger partial charge in [0.05, 0.1) is 25.4 Å². The molecule has 2 saturated heterocycles. The van der Waals surface area contributed by atoms with Crippen LogP contribution in [0.1, 0.15) is 34.7 Å². The van der Waals surface area contributed by atoms with Crippen molar-refractivity contribution >= 4 is 0 Å². The van der Waals surface area contributed by atoms with Crippen molar-refractivity contribution in [2.75, 3.05) is 52.5 Å². The molecule has 0 aromatic carbocycles. The van der Waals surface area contributed by atoms with E-state index in [0.29, 0.717) is 12.1 Å². The maximum Gasteiger partial charge on any atom is 0.433 e. The third-order valence-electron chi connectivity index (χ3n) is 7.11. The van der Waals surface area contributed by atoms with Crippen LogP contribution in [0.25, 0.3) is 0 Å². The molecule has 0 radical (unpaired) electrons. The molecule has 0 unspecified atom stereocenters. The summed E-state index contributed by atoms with van der Waals surface area (Å²) in [6, 6.07) is 3.46. The molecular formula is C26H26F12N4O3. The van der Waals surface area contributed by atoms with Crippen LogP contribution in [0.4, 0.5) is 52.7 Å². The molecule has 0 bridgehead atoms. The van der Waals surface area contributed by atoms with Crippen LogP contribution in [-0.2, 0) is 26.6 Å². The van der Waals surface area contributed by atoms with Crippen molar-refractivity contribution in [1.82, 2.24) is 19.8 Å². The Morgan fingerprint density at radius 3 is 1.31 bits per heavy atom. The Morgan fingerprint density at radius 1 is 0.644 bits per heavy atom. The number of ether oxygens (including phenoxy) is 3. The molecular weight excluding hydrogens is 644 g/mol. The van der Waals surface area contributed by atoms with Crippen LogP contribution in [-0.4, -0.2) is 96.8 Å². The van der Waals surface area contributed by atoms with Crippen molar-refractivity contribution in [2.45, 2.75) is 49.1 Å². The highest BCUT2D eigenvalue weighted by atomic mass is 19.4. The van der Waals surface area contributed by atoms with Crippen LogP contribution in [0.2, 0.25) is 0 Å². The summed E-state index contributed by atoms with van der Waals surface area (Å²) in [7, 11) is 0. The number of aromatic nitrogens is 2. The van der Waals surface area contributed by atoms with Gasteiger partial charge in [-0.2, -0.15) is 52.7 Å². The van der Waals surface area contributed by atoms with E-state index in [1.165, 1.54) is 0 Å². The molecule has 7 nitrogen and oxygen atoms in total. The standard InChI is InChI=1S/C26H26F12N4O3/c27-23(28,29)19-3-1-15(9-39-19)17-11-41(5-7-43-17)13-21(25(33,34)35)45-22(26(36,37)38)14-42-6-8-44-18(12-42)16-2-4-20(40-10-16)24(30,31)32/h1-4,9-10,17-18,21-22H,5-8,11-14H2/t17-,18-,21+,22+/m1/s1. The number of rotatable bonds is 8. The lowest BCUT2D eigenvalue weighted by Gasteiger charge is -2.38. The van der Waals surface area contributed by atoms with Crippen LogP contribution in [0, 0.1) is 0 Å². The van der Waals surface area contributed by atoms with E-state index < -0.39 is 73.6 Å². The van der Waals surface area contributed by atoms with Gasteiger partial charge in [-0.3, -0.25) is 19.8 Å². The van der Waals surface area contributed by atoms with Gasteiger partial charge < -0.3 is 14.2 Å². The maximum atomic E-state index is 14.0. The second-order valence-corrected chi connectivity index (χ2v) is 10.4. The number of hydrogen-bond donors (Lipinski definition) is 0. The van der Waals surface area contributed by atoms with Gasteiger partial charge in [0.25, 0.3) is 0 Å². The van der Waals surface area contributed by atoms with Gasteiger partial charge in [0.15, 0.2) is 12.2 Å². The smallest absolute Gasteiger partial charge is 0.371 e. The average Bonchev–Trinajstić information content (AvgIpc) is 2.95. The highest BCUT2D eigenvalue weighted by Gasteiger charge is 2.50. The Kier molecular flexibility index (Phi) is 10.6. The predicted octanol–water partition coefficient (Wildman–Crippen LogP) is 5.84. The number of hydrogen-bond acceptors (Lipinski definition) is 7. The fourth-order valence-electron chi connectivity index (χ4n) is 4.78. The van der Waals surface area contributed by atoms with Crippen molar-refractivity contribution in [3.05, 3.63) is 59.2 Å². The number of morpholine rings is 2. The Morgan fingerprint density at radius 2 is 1.02 bits per heavy atom. The molecule has 45 heavy (non-hydrogen) atoms. The van der Waals surface area contributed by atoms with Crippen molar-refractivity contribution in [1.29, 1.82) is 0 Å². The number of nitrogens with zero attached hydrogens (tertiary/aromatic N) is 4. The highest BCUT2D eigenvalue weighted by Crippen LogP contribution is 2.34. The summed E-state index contributed by atoms with van der Waals surface area (Å²) in [6.45, 7) is -3.18. The molecule has 2 fully saturated rings. The molecule has 0 spiro atoms. The second-order valence-electron chi connectivity index (χ2n) is 10.4. The number of alkyl halides is 12. The molecule has 2 aliphatic rings. The third-order valence-corrected chi connectivity index (χ3v) is 7.11. The Bertz CT molecular complexity index is 1140. The monoisotopic (exact) mass is 670 g/mol. The first kappa shape index (κ1) is 35.1. The summed E-state index contributed by atoms with van der Waals surface area (Å²) >= 11 is 0. The molecule has 2 aromatic rings. The van der Waals surface area contributed by atoms with Gasteiger partial charge in [0, 0.05) is 62.8 Å². The first-order valence-corrected chi connectivity index (χ1v) is 13.3. The molecule has 4 rings (SSSR count). The summed E-state index contributed by atoms with van der Waals surface area (Å²) < 4.78 is 176. The highest BCUT2D eigenvalue weighted by molar-refractivity contribution is 5.20. The summed E-state index contributed by atoms with van der Waals surface area (Å²) in [5.74, 6) is 0. The van der Waals surface area contributed by atoms with E-state index in [1.807, 2.05) is 0 Å². The van der Waals surface area contributed by atoms with Crippen molar-refractivity contribution in [3.8, 4) is 0 Å². The van der Waals surface area contributed by atoms with Crippen molar-refractivity contribution in [2.24, 2.45) is 0 Å². The van der Waals surface area contributed by atoms with Crippen LogP contribution in [0.3, 0.4) is 0 Å². The fourth-order valence-corrected chi connectivity index (χ4v) is 4.78. The Labute approximate surface area is 248 Å². The largest absolute Gasteiger partial charge is 0.433 e. The minimum absolute atomic E-state index is 0.122. The first-order valence-electron chi connectivity index (χ1n) is 13.3. The molecule has 0 aliphatic carbocycles. The molecule has 4 heterocycles. The van der Waals surface area contributed by atoms with E-state index in [4.69, 9.17) is 9.47 Å². The molecule has 0 N–H and O–H groups in total. The summed E-state index contributed by atoms with van der Waals surface area (Å²) in [5.41, 5.74) is -2.11. The first-order chi connectivity index (χ1) is 20.8. The van der Waals surface area contributed by atoms with Gasteiger partial charge in [-0.05, 0) is 12.1 Å². The van der Waals surface area contributed by atoms with Gasteiger partial charge in [0.1, 0.15) is 11.4 Å². The molecule has 2 aliphatic heterocycles. The van der Waals surface area contributed by atoms with Crippen molar-refractivity contribution < 1.29 is 66.9 Å². The van der Waals surface area contributed by atoms with Crippen LogP contribution < -0.4 is 0 Å². The molecule has 2 aromatic heterocycles. The maximum absolute atomic E-state index is 14.0. The van der Waals surface area contributed by atoms with E-state index in [1.54, 1.807) is 0 Å². The second kappa shape index (κ2) is 13.5. The summed E-state index contributed by atoms with van der Waals surface area (Å²) in [6.07, 6.45) is -25.9. The lowest BCUT2D eigenvalue weighted by Crippen LogP contribution is -2.53. The fraction of sp³-hybridized carbons (Fsp3) is 0.615. The summed E-state index contributed by atoms with van der Waals surface area (Å²) in [5, 5.41) is 0. The van der Waals surface area contributed by atoms with E-state index in [9.17, 15) is 52.7 Å². The van der Waals surface area contributed by atoms with Crippen LogP contribution in [0.15, 0.2) is 36.7 Å². The molecule has 0 amide bonds. The minimum Gasteiger partial charge on any atom is -0.371 e. The quantitative estimate of drug-likeness (QED) is 0.328. The van der Waals surface area contributed by atoms with Gasteiger partial charge in [-0.25, -0.2) is 0 Å². The molecule has 4 atom stereocenters. The van der Waals surface area contributed by atoms with E-state index in [-0.39, 0.29) is 50.5 Å². The lowest BCUT2D eigenvalue weighted by molar-refractivity contribution is -0.292. The molecule has 252 valence electrons. The zero-order valence-corrected chi connectivity index (χ0v) is 23.0. The van der Waals surface area contributed by atoms with Crippen LogP contribution in [0.5, 0.6) is 0 Å². The number of halogens is 12. The van der Waals surface area contributed by atoms with E-state index in [2.05, 4.69) is 14.7 Å². The van der Waals surface area contributed by atoms with Crippen LogP contribution >= 0.6 is 0 Å². The summed E-state index contributed by atoms with van der Waals surface area (Å²) in [4.78, 5) is 8.87. The SMILES string of the molecule is FC(F)(F)c1ccc([C@H]2CN(C[C@H](O[C@@H](CN3CCO[C@@H](c4ccc(C(F)(F)F)nc4)C3)C(F)(F)F)C(F)(F)F)CCO2)cn1. The Hall–Kier alpha value is -2.74. The number of pyridine rings is 2. The third kappa shape index (κ3) is 9.63. The van der Waals surface area contributed by atoms with E-state index >= 15 is 0 Å². The van der Waals surface area contributed by atoms with Gasteiger partial charge in [0.2, 0.25) is 0 Å². The van der Waals surface area contributed by atoms with Gasteiger partial charge in [-0.1, -0.05) is 12.1 Å². The van der Waals surface area contributed by atoms with Gasteiger partial charge >= 0.3 is 24.7 Å². The molecule has 0 saturated carbocycles. The Balaban J connectivity index is 1.42. The van der Waals surface area contributed by atoms with Gasteiger partial charge in [-0.15, -0.1) is 0 Å². The normalized spacial score (nSPS) is 22.8. The molecule has 19 heteroatoms. The van der Waals surface area contributed by atoms with E-state index in [0.717, 1.165) is 34.3 Å². The minimum atomic E-state index is -5.23. The topological polar surface area (TPSA) is 60.0 Å². The predicted molar refractivity (Wildman–Crippen MR) is 130 cm³/mol. The van der Waals surface area contributed by atoms with Crippen molar-refractivity contribution in [3.63, 3.8) is 0 Å². The zero-order valence-electron chi connectivity index (χ0n) is 23.0. The lowest BCUT2D eigenvalue weighted by atomic mass is 10.1.